The molecule has 1 aliphatic rings. The summed E-state index contributed by atoms with van der Waals surface area (Å²) < 4.78 is 5.44. The smallest absolute Gasteiger partial charge is 0.270 e. The van der Waals surface area contributed by atoms with E-state index in [9.17, 15) is 9.59 Å². The normalized spacial score (nSPS) is 14.2. The highest BCUT2D eigenvalue weighted by Crippen LogP contribution is 2.23. The van der Waals surface area contributed by atoms with Crippen molar-refractivity contribution in [1.82, 2.24) is 9.88 Å². The summed E-state index contributed by atoms with van der Waals surface area (Å²) in [6, 6.07) is 17.1. The number of hydrogen-bond donors (Lipinski definition) is 1. The predicted octanol–water partition coefficient (Wildman–Crippen LogP) is 2.64. The van der Waals surface area contributed by atoms with Gasteiger partial charge in [-0.3, -0.25) is 9.59 Å². The quantitative estimate of drug-likeness (QED) is 0.759. The first-order valence-corrected chi connectivity index (χ1v) is 9.41. The summed E-state index contributed by atoms with van der Waals surface area (Å²) >= 11 is 0. The highest BCUT2D eigenvalue weighted by molar-refractivity contribution is 5.96. The summed E-state index contributed by atoms with van der Waals surface area (Å²) in [4.78, 5) is 31.9. The maximum absolute atomic E-state index is 13.0. The van der Waals surface area contributed by atoms with E-state index in [0.717, 1.165) is 29.7 Å². The molecule has 3 aromatic rings. The number of rotatable bonds is 4. The second-order valence-corrected chi connectivity index (χ2v) is 6.99. The Hall–Kier alpha value is -3.12. The van der Waals surface area contributed by atoms with Gasteiger partial charge in [-0.1, -0.05) is 36.4 Å². The van der Waals surface area contributed by atoms with Gasteiger partial charge in [0.05, 0.1) is 13.2 Å². The summed E-state index contributed by atoms with van der Waals surface area (Å²) in [5.41, 5.74) is 2.25. The van der Waals surface area contributed by atoms with Crippen LogP contribution in [0.1, 0.15) is 16.1 Å². The molecule has 1 amide bonds. The number of nitrogens with one attached hydrogen (secondary N) is 1. The summed E-state index contributed by atoms with van der Waals surface area (Å²) in [5.74, 6) is -0.209. The van der Waals surface area contributed by atoms with Crippen LogP contribution in [0.2, 0.25) is 0 Å². The molecule has 1 saturated heterocycles. The lowest BCUT2D eigenvalue weighted by atomic mass is 10.1. The third kappa shape index (κ3) is 3.64. The minimum Gasteiger partial charge on any atom is -0.378 e. The summed E-state index contributed by atoms with van der Waals surface area (Å²) in [6.45, 7) is 3.56. The van der Waals surface area contributed by atoms with Crippen molar-refractivity contribution in [3.05, 3.63) is 76.2 Å². The Kier molecular flexibility index (Phi) is 5.12. The molecule has 28 heavy (non-hydrogen) atoms. The fourth-order valence-corrected chi connectivity index (χ4v) is 3.62. The van der Waals surface area contributed by atoms with Gasteiger partial charge in [0.25, 0.3) is 11.5 Å². The molecule has 6 nitrogen and oxygen atoms in total. The Morgan fingerprint density at radius 3 is 2.64 bits per heavy atom. The van der Waals surface area contributed by atoms with Crippen LogP contribution in [-0.4, -0.2) is 49.1 Å². The first kappa shape index (κ1) is 18.3. The van der Waals surface area contributed by atoms with Crippen molar-refractivity contribution in [3.8, 4) is 0 Å². The van der Waals surface area contributed by atoms with Gasteiger partial charge in [0.1, 0.15) is 5.69 Å². The Morgan fingerprint density at radius 2 is 1.82 bits per heavy atom. The average Bonchev–Trinajstić information content (AvgIpc) is 2.74. The average molecular weight is 377 g/mol. The van der Waals surface area contributed by atoms with Crippen molar-refractivity contribution in [3.63, 3.8) is 0 Å². The van der Waals surface area contributed by atoms with Gasteiger partial charge in [-0.05, 0) is 29.1 Å². The number of para-hydroxylation sites is 1. The molecule has 0 spiro atoms. The van der Waals surface area contributed by atoms with Crippen LogP contribution in [-0.2, 0) is 11.3 Å². The van der Waals surface area contributed by atoms with Crippen LogP contribution in [0.15, 0.2) is 59.4 Å². The minimum atomic E-state index is -0.247. The van der Waals surface area contributed by atoms with Crippen LogP contribution in [0.4, 0.5) is 5.69 Å². The zero-order valence-electron chi connectivity index (χ0n) is 15.9. The van der Waals surface area contributed by atoms with E-state index >= 15 is 0 Å². The maximum atomic E-state index is 13.0. The van der Waals surface area contributed by atoms with Gasteiger partial charge < -0.3 is 19.5 Å². The van der Waals surface area contributed by atoms with E-state index in [2.05, 4.69) is 16.0 Å². The fourth-order valence-electron chi connectivity index (χ4n) is 3.62. The molecule has 1 aromatic heterocycles. The number of hydrogen-bond acceptors (Lipinski definition) is 4. The summed E-state index contributed by atoms with van der Waals surface area (Å²) in [6.07, 6.45) is 0. The van der Waals surface area contributed by atoms with Crippen LogP contribution >= 0.6 is 0 Å². The SMILES string of the molecule is CN(Cc1ccccc1N1CCOCC1)C(=O)c1cc2ccccc2c(=O)[nH]1. The number of carbonyl (C=O) groups is 1. The van der Waals surface area contributed by atoms with Crippen LogP contribution in [0.25, 0.3) is 10.8 Å². The van der Waals surface area contributed by atoms with E-state index in [4.69, 9.17) is 4.74 Å². The molecular weight excluding hydrogens is 354 g/mol. The number of anilines is 1. The monoisotopic (exact) mass is 377 g/mol. The number of benzene rings is 2. The first-order valence-electron chi connectivity index (χ1n) is 9.41. The molecule has 1 N–H and O–H groups in total. The zero-order chi connectivity index (χ0) is 19.5. The molecule has 144 valence electrons. The third-order valence-corrected chi connectivity index (χ3v) is 5.08. The molecule has 6 heteroatoms. The van der Waals surface area contributed by atoms with Gasteiger partial charge in [-0.25, -0.2) is 0 Å². The number of carbonyl (C=O) groups excluding carboxylic acids is 1. The summed E-state index contributed by atoms with van der Waals surface area (Å²) in [7, 11) is 1.76. The number of aromatic nitrogens is 1. The van der Waals surface area contributed by atoms with Crippen molar-refractivity contribution < 1.29 is 9.53 Å². The van der Waals surface area contributed by atoms with Gasteiger partial charge in [-0.15, -0.1) is 0 Å². The number of morpholine rings is 1. The van der Waals surface area contributed by atoms with Gasteiger partial charge in [0.2, 0.25) is 0 Å². The molecule has 0 atom stereocenters. The first-order chi connectivity index (χ1) is 13.6. The van der Waals surface area contributed by atoms with Crippen molar-refractivity contribution in [1.29, 1.82) is 0 Å². The highest BCUT2D eigenvalue weighted by atomic mass is 16.5. The Bertz CT molecular complexity index is 1050. The van der Waals surface area contributed by atoms with Crippen LogP contribution in [0.3, 0.4) is 0 Å². The van der Waals surface area contributed by atoms with Gasteiger partial charge in [0, 0.05) is 37.8 Å². The van der Waals surface area contributed by atoms with Crippen molar-refractivity contribution >= 4 is 22.4 Å². The molecule has 0 unspecified atom stereocenters. The lowest BCUT2D eigenvalue weighted by molar-refractivity contribution is 0.0779. The molecule has 2 heterocycles. The molecular formula is C22H23N3O3. The van der Waals surface area contributed by atoms with E-state index < -0.39 is 0 Å². The van der Waals surface area contributed by atoms with E-state index in [0.29, 0.717) is 30.8 Å². The number of fused-ring (bicyclic) bond motifs is 1. The molecule has 1 aliphatic heterocycles. The van der Waals surface area contributed by atoms with Crippen LogP contribution in [0, 0.1) is 0 Å². The Balaban J connectivity index is 1.58. The Morgan fingerprint density at radius 1 is 1.11 bits per heavy atom. The van der Waals surface area contributed by atoms with E-state index in [1.54, 1.807) is 24.1 Å². The minimum absolute atomic E-state index is 0.209. The molecule has 0 radical (unpaired) electrons. The molecule has 0 bridgehead atoms. The number of ether oxygens (including phenoxy) is 1. The van der Waals surface area contributed by atoms with Crippen LogP contribution < -0.4 is 10.5 Å². The highest BCUT2D eigenvalue weighted by Gasteiger charge is 2.19. The predicted molar refractivity (Wildman–Crippen MR) is 110 cm³/mol. The third-order valence-electron chi connectivity index (χ3n) is 5.08. The molecule has 0 aliphatic carbocycles. The van der Waals surface area contributed by atoms with E-state index in [1.807, 2.05) is 36.4 Å². The topological polar surface area (TPSA) is 65.6 Å². The van der Waals surface area contributed by atoms with Gasteiger partial charge >= 0.3 is 0 Å². The molecule has 0 saturated carbocycles. The largest absolute Gasteiger partial charge is 0.378 e. The zero-order valence-corrected chi connectivity index (χ0v) is 15.9. The lowest BCUT2D eigenvalue weighted by Gasteiger charge is -2.31. The number of pyridine rings is 1. The number of aromatic amines is 1. The lowest BCUT2D eigenvalue weighted by Crippen LogP contribution is -2.37. The van der Waals surface area contributed by atoms with Crippen molar-refractivity contribution in [2.24, 2.45) is 0 Å². The second kappa shape index (κ2) is 7.86. The fraction of sp³-hybridized carbons (Fsp3) is 0.273. The van der Waals surface area contributed by atoms with Gasteiger partial charge in [0.15, 0.2) is 0 Å². The standard InChI is InChI=1S/C22H23N3O3/c1-24(15-17-7-3-5-9-20(17)25-10-12-28-13-11-25)22(27)19-14-16-6-2-4-8-18(16)21(26)23-19/h2-9,14H,10-13,15H2,1H3,(H,23,26). The van der Waals surface area contributed by atoms with Crippen molar-refractivity contribution in [2.75, 3.05) is 38.3 Å². The molecule has 2 aromatic carbocycles. The second-order valence-electron chi connectivity index (χ2n) is 6.99. The number of amides is 1. The van der Waals surface area contributed by atoms with Gasteiger partial charge in [-0.2, -0.15) is 0 Å². The van der Waals surface area contributed by atoms with E-state index in [1.165, 1.54) is 0 Å². The molecule has 1 fully saturated rings. The van der Waals surface area contributed by atoms with Crippen LogP contribution in [0.5, 0.6) is 0 Å². The van der Waals surface area contributed by atoms with Crippen molar-refractivity contribution in [2.45, 2.75) is 6.54 Å². The maximum Gasteiger partial charge on any atom is 0.270 e. The van der Waals surface area contributed by atoms with E-state index in [-0.39, 0.29) is 11.5 Å². The Labute approximate surface area is 163 Å². The number of nitrogens with zero attached hydrogens (tertiary/aromatic N) is 2. The number of H-pyrrole nitrogens is 1. The molecule has 4 rings (SSSR count). The summed E-state index contributed by atoms with van der Waals surface area (Å²) in [5, 5.41) is 1.34.